The van der Waals surface area contributed by atoms with Crippen LogP contribution in [-0.4, -0.2) is 47.4 Å². The minimum atomic E-state index is -0.845. The zero-order valence-corrected chi connectivity index (χ0v) is 42.6. The fraction of sp³-hybridized carbons (Fsp3) is 0.930. The van der Waals surface area contributed by atoms with Crippen LogP contribution in [0.5, 0.6) is 0 Å². The van der Waals surface area contributed by atoms with Crippen LogP contribution in [-0.2, 0) is 14.3 Å². The Hall–Kier alpha value is -1.40. The average Bonchev–Trinajstić information content (AvgIpc) is 3.28. The molecule has 0 saturated carbocycles. The van der Waals surface area contributed by atoms with Crippen molar-refractivity contribution in [1.82, 2.24) is 5.32 Å². The predicted molar refractivity (Wildman–Crippen MR) is 273 cm³/mol. The van der Waals surface area contributed by atoms with Crippen LogP contribution in [0.3, 0.4) is 0 Å². The van der Waals surface area contributed by atoms with Gasteiger partial charge in [0.2, 0.25) is 5.91 Å². The molecule has 2 unspecified atom stereocenters. The summed E-state index contributed by atoms with van der Waals surface area (Å²) < 4.78 is 5.49. The minimum absolute atomic E-state index is 0.0102. The largest absolute Gasteiger partial charge is 0.466 e. The maximum Gasteiger partial charge on any atom is 0.305 e. The first-order chi connectivity index (χ1) is 31.0. The van der Waals surface area contributed by atoms with Gasteiger partial charge in [-0.05, 0) is 32.1 Å². The Morgan fingerprint density at radius 1 is 0.429 bits per heavy atom. The normalized spacial score (nSPS) is 12.6. The van der Waals surface area contributed by atoms with Crippen LogP contribution >= 0.6 is 0 Å². The molecule has 0 aliphatic rings. The quantitative estimate of drug-likeness (QED) is 0.0321. The van der Waals surface area contributed by atoms with Crippen molar-refractivity contribution in [3.05, 3.63) is 12.2 Å². The lowest BCUT2D eigenvalue weighted by Crippen LogP contribution is -2.45. The Morgan fingerprint density at radius 2 is 0.730 bits per heavy atom. The molecule has 0 aliphatic carbocycles. The second kappa shape index (κ2) is 53.2. The molecule has 1 amide bonds. The number of amides is 1. The number of nitrogens with one attached hydrogen (secondary N) is 1. The van der Waals surface area contributed by atoms with Gasteiger partial charge in [0, 0.05) is 12.8 Å². The van der Waals surface area contributed by atoms with E-state index in [4.69, 9.17) is 4.74 Å². The number of allylic oxidation sites excluding steroid dienone is 1. The van der Waals surface area contributed by atoms with E-state index in [1.54, 1.807) is 6.08 Å². The smallest absolute Gasteiger partial charge is 0.305 e. The van der Waals surface area contributed by atoms with Gasteiger partial charge in [0.15, 0.2) is 0 Å². The molecule has 0 heterocycles. The highest BCUT2D eigenvalue weighted by molar-refractivity contribution is 5.76. The van der Waals surface area contributed by atoms with Crippen LogP contribution in [0.2, 0.25) is 0 Å². The number of carbonyl (C=O) groups is 2. The Morgan fingerprint density at radius 3 is 1.08 bits per heavy atom. The van der Waals surface area contributed by atoms with Gasteiger partial charge in [-0.1, -0.05) is 283 Å². The molecule has 6 heteroatoms. The zero-order chi connectivity index (χ0) is 45.8. The number of esters is 1. The number of aliphatic hydroxyl groups excluding tert-OH is 2. The minimum Gasteiger partial charge on any atom is -0.466 e. The van der Waals surface area contributed by atoms with Crippen LogP contribution < -0.4 is 5.32 Å². The number of rotatable bonds is 53. The molecule has 0 aliphatic heterocycles. The molecule has 0 rings (SSSR count). The summed E-state index contributed by atoms with van der Waals surface area (Å²) in [6, 6.07) is -0.629. The first-order valence-corrected chi connectivity index (χ1v) is 28.5. The number of hydrogen-bond acceptors (Lipinski definition) is 5. The fourth-order valence-electron chi connectivity index (χ4n) is 8.93. The van der Waals surface area contributed by atoms with Gasteiger partial charge in [-0.15, -0.1) is 0 Å². The lowest BCUT2D eigenvalue weighted by molar-refractivity contribution is -0.143. The lowest BCUT2D eigenvalue weighted by Gasteiger charge is -2.20. The summed E-state index contributed by atoms with van der Waals surface area (Å²) in [5.41, 5.74) is 0. The summed E-state index contributed by atoms with van der Waals surface area (Å²) in [4.78, 5) is 24.5. The number of ether oxygens (including phenoxy) is 1. The Kier molecular flexibility index (Phi) is 52.0. The fourth-order valence-corrected chi connectivity index (χ4v) is 8.93. The van der Waals surface area contributed by atoms with Crippen LogP contribution in [0.4, 0.5) is 0 Å². The van der Waals surface area contributed by atoms with Crippen molar-refractivity contribution in [2.24, 2.45) is 0 Å². The number of carbonyl (C=O) groups excluding carboxylic acids is 2. The van der Waals surface area contributed by atoms with E-state index in [1.165, 1.54) is 250 Å². The molecule has 0 fully saturated rings. The molecule has 6 nitrogen and oxygen atoms in total. The lowest BCUT2D eigenvalue weighted by atomic mass is 10.0. The number of unbranched alkanes of at least 4 members (excludes halogenated alkanes) is 42. The second-order valence-electron chi connectivity index (χ2n) is 19.6. The van der Waals surface area contributed by atoms with E-state index in [-0.39, 0.29) is 18.5 Å². The first-order valence-electron chi connectivity index (χ1n) is 28.5. The summed E-state index contributed by atoms with van der Waals surface area (Å²) >= 11 is 0. The van der Waals surface area contributed by atoms with Crippen molar-refractivity contribution in [1.29, 1.82) is 0 Å². The van der Waals surface area contributed by atoms with Crippen LogP contribution in [0, 0.1) is 0 Å². The van der Waals surface area contributed by atoms with Crippen molar-refractivity contribution in [3.63, 3.8) is 0 Å². The first kappa shape index (κ1) is 61.6. The highest BCUT2D eigenvalue weighted by Crippen LogP contribution is 2.17. The number of hydrogen-bond donors (Lipinski definition) is 3. The van der Waals surface area contributed by atoms with Crippen molar-refractivity contribution in [2.45, 2.75) is 328 Å². The van der Waals surface area contributed by atoms with Gasteiger partial charge >= 0.3 is 5.97 Å². The molecule has 2 atom stereocenters. The molecule has 0 aromatic carbocycles. The molecule has 3 N–H and O–H groups in total. The summed E-state index contributed by atoms with van der Waals surface area (Å²) in [5.74, 6) is -0.0613. The molecule has 0 aromatic heterocycles. The van der Waals surface area contributed by atoms with Crippen molar-refractivity contribution >= 4 is 11.9 Å². The summed E-state index contributed by atoms with van der Waals surface area (Å²) in [7, 11) is 0. The van der Waals surface area contributed by atoms with Gasteiger partial charge in [-0.3, -0.25) is 9.59 Å². The Labute approximate surface area is 393 Å². The second-order valence-corrected chi connectivity index (χ2v) is 19.6. The predicted octanol–water partition coefficient (Wildman–Crippen LogP) is 17.3. The monoisotopic (exact) mass is 890 g/mol. The third-order valence-corrected chi connectivity index (χ3v) is 13.3. The van der Waals surface area contributed by atoms with E-state index < -0.39 is 12.1 Å². The number of aliphatic hydroxyl groups is 2. The molecule has 0 bridgehead atoms. The van der Waals surface area contributed by atoms with Gasteiger partial charge in [-0.25, -0.2) is 0 Å². The third-order valence-electron chi connectivity index (χ3n) is 13.3. The third kappa shape index (κ3) is 49.9. The Bertz CT molecular complexity index is 939. The van der Waals surface area contributed by atoms with E-state index in [9.17, 15) is 19.8 Å². The summed E-state index contributed by atoms with van der Waals surface area (Å²) in [5, 5.41) is 23.0. The van der Waals surface area contributed by atoms with Gasteiger partial charge < -0.3 is 20.3 Å². The standard InChI is InChI=1S/C57H111NO5/c1-3-5-7-9-11-13-15-17-18-24-27-31-35-39-43-47-51-57(62)63-52-48-44-40-36-32-28-25-22-20-19-21-23-26-30-34-38-42-46-50-56(61)58-54(53-59)55(60)49-45-41-37-33-29-16-14-12-10-8-6-4-2/h45,49,54-55,59-60H,3-44,46-48,50-53H2,1-2H3,(H,58,61)/b49-45+. The van der Waals surface area contributed by atoms with Crippen molar-refractivity contribution < 1.29 is 24.5 Å². The molecule has 63 heavy (non-hydrogen) atoms. The summed E-state index contributed by atoms with van der Waals surface area (Å²) in [6.07, 6.45) is 62.3. The summed E-state index contributed by atoms with van der Waals surface area (Å²) in [6.45, 7) is 4.90. The molecule has 0 spiro atoms. The topological polar surface area (TPSA) is 95.9 Å². The van der Waals surface area contributed by atoms with E-state index >= 15 is 0 Å². The van der Waals surface area contributed by atoms with Crippen molar-refractivity contribution in [3.8, 4) is 0 Å². The van der Waals surface area contributed by atoms with Gasteiger partial charge in [0.25, 0.3) is 0 Å². The van der Waals surface area contributed by atoms with Crippen LogP contribution in [0.15, 0.2) is 12.2 Å². The van der Waals surface area contributed by atoms with E-state index in [0.717, 1.165) is 38.5 Å². The molecule has 0 saturated heterocycles. The van der Waals surface area contributed by atoms with Crippen LogP contribution in [0.1, 0.15) is 316 Å². The van der Waals surface area contributed by atoms with Gasteiger partial charge in [0.05, 0.1) is 25.4 Å². The Balaban J connectivity index is 3.39. The van der Waals surface area contributed by atoms with Gasteiger partial charge in [0.1, 0.15) is 0 Å². The van der Waals surface area contributed by atoms with E-state index in [1.807, 2.05) is 6.08 Å². The molecular weight excluding hydrogens is 779 g/mol. The van der Waals surface area contributed by atoms with E-state index in [0.29, 0.717) is 19.4 Å². The SMILES string of the molecule is CCCCCCCCCCCC/C=C/C(O)C(CO)NC(=O)CCCCCCCCCCCCCCCCCCCCOC(=O)CCCCCCCCCCCCCCCCCC. The molecule has 0 aromatic rings. The molecular formula is C57H111NO5. The molecule has 374 valence electrons. The average molecular weight is 891 g/mol. The van der Waals surface area contributed by atoms with Gasteiger partial charge in [-0.2, -0.15) is 0 Å². The van der Waals surface area contributed by atoms with Crippen LogP contribution in [0.25, 0.3) is 0 Å². The highest BCUT2D eigenvalue weighted by atomic mass is 16.5. The maximum absolute atomic E-state index is 12.4. The molecule has 0 radical (unpaired) electrons. The van der Waals surface area contributed by atoms with Crippen molar-refractivity contribution in [2.75, 3.05) is 13.2 Å². The van der Waals surface area contributed by atoms with E-state index in [2.05, 4.69) is 19.2 Å². The zero-order valence-electron chi connectivity index (χ0n) is 42.6. The maximum atomic E-state index is 12.4. The highest BCUT2D eigenvalue weighted by Gasteiger charge is 2.18.